The van der Waals surface area contributed by atoms with E-state index in [1.54, 1.807) is 6.92 Å². The lowest BCUT2D eigenvalue weighted by Crippen LogP contribution is -2.16. The highest BCUT2D eigenvalue weighted by molar-refractivity contribution is 5.78. The second kappa shape index (κ2) is 4.35. The maximum absolute atomic E-state index is 8.39. The van der Waals surface area contributed by atoms with E-state index >= 15 is 0 Å². The number of hydrogen-bond donors (Lipinski definition) is 3. The van der Waals surface area contributed by atoms with Gasteiger partial charge in [-0.2, -0.15) is 5.10 Å². The fraction of sp³-hybridized carbons (Fsp3) is 0.125. The first-order chi connectivity index (χ1) is 5.83. The zero-order valence-electron chi connectivity index (χ0n) is 6.78. The summed E-state index contributed by atoms with van der Waals surface area (Å²) >= 11 is 0. The van der Waals surface area contributed by atoms with Gasteiger partial charge >= 0.3 is 0 Å². The molecule has 0 spiro atoms. The standard InChI is InChI=1S/C8H11N3O/c1-7(11-12)9-10-8-5-3-2-4-6-8/h2-6,10,12H,1H3,(H,9,11). The summed E-state index contributed by atoms with van der Waals surface area (Å²) in [7, 11) is 0. The zero-order chi connectivity index (χ0) is 8.81. The molecule has 0 fully saturated rings. The van der Waals surface area contributed by atoms with Crippen LogP contribution in [0.25, 0.3) is 0 Å². The number of rotatable bonds is 2. The van der Waals surface area contributed by atoms with Gasteiger partial charge in [0, 0.05) is 0 Å². The summed E-state index contributed by atoms with van der Waals surface area (Å²) in [4.78, 5) is 0. The summed E-state index contributed by atoms with van der Waals surface area (Å²) in [5.74, 6) is 0.416. The number of hydrazone groups is 1. The topological polar surface area (TPSA) is 56.7 Å². The van der Waals surface area contributed by atoms with E-state index in [0.717, 1.165) is 5.69 Å². The van der Waals surface area contributed by atoms with Crippen LogP contribution in [0.5, 0.6) is 0 Å². The fourth-order valence-corrected chi connectivity index (χ4v) is 0.686. The third-order valence-corrected chi connectivity index (χ3v) is 1.29. The van der Waals surface area contributed by atoms with E-state index in [9.17, 15) is 0 Å². The van der Waals surface area contributed by atoms with Crippen LogP contribution in [0, 0.1) is 0 Å². The van der Waals surface area contributed by atoms with Crippen LogP contribution in [0.2, 0.25) is 0 Å². The Bertz CT molecular complexity index is 258. The van der Waals surface area contributed by atoms with E-state index < -0.39 is 0 Å². The highest BCUT2D eigenvalue weighted by Crippen LogP contribution is 2.03. The van der Waals surface area contributed by atoms with Crippen molar-refractivity contribution < 1.29 is 5.21 Å². The Balaban J connectivity index is 2.54. The predicted molar refractivity (Wildman–Crippen MR) is 48.1 cm³/mol. The lowest BCUT2D eigenvalue weighted by molar-refractivity contribution is 0.233. The van der Waals surface area contributed by atoms with Gasteiger partial charge in [0.15, 0.2) is 0 Å². The Morgan fingerprint density at radius 2 is 2.00 bits per heavy atom. The Morgan fingerprint density at radius 3 is 2.58 bits per heavy atom. The van der Waals surface area contributed by atoms with E-state index in [0.29, 0.717) is 5.84 Å². The molecule has 0 saturated heterocycles. The predicted octanol–water partition coefficient (Wildman–Crippen LogP) is 1.41. The van der Waals surface area contributed by atoms with Crippen LogP contribution >= 0.6 is 0 Å². The first-order valence-corrected chi connectivity index (χ1v) is 3.58. The summed E-state index contributed by atoms with van der Waals surface area (Å²) in [5.41, 5.74) is 5.57. The van der Waals surface area contributed by atoms with Crippen molar-refractivity contribution in [3.63, 3.8) is 0 Å². The number of amidine groups is 1. The van der Waals surface area contributed by atoms with Crippen molar-refractivity contribution in [3.05, 3.63) is 30.3 Å². The van der Waals surface area contributed by atoms with E-state index in [2.05, 4.69) is 10.5 Å². The van der Waals surface area contributed by atoms with Crippen molar-refractivity contribution >= 4 is 11.5 Å². The molecule has 12 heavy (non-hydrogen) atoms. The van der Waals surface area contributed by atoms with Crippen LogP contribution in [0.1, 0.15) is 6.92 Å². The summed E-state index contributed by atoms with van der Waals surface area (Å²) in [6.45, 7) is 1.65. The molecule has 4 nitrogen and oxygen atoms in total. The van der Waals surface area contributed by atoms with E-state index in [4.69, 9.17) is 5.21 Å². The molecule has 0 atom stereocenters. The van der Waals surface area contributed by atoms with Crippen molar-refractivity contribution in [1.82, 2.24) is 5.48 Å². The summed E-state index contributed by atoms with van der Waals surface area (Å²) < 4.78 is 0. The SMILES string of the molecule is CC(=NNc1ccccc1)NO. The van der Waals surface area contributed by atoms with Gasteiger partial charge in [-0.1, -0.05) is 18.2 Å². The fourth-order valence-electron chi connectivity index (χ4n) is 0.686. The minimum Gasteiger partial charge on any atom is -0.290 e. The van der Waals surface area contributed by atoms with Crippen LogP contribution in [0.4, 0.5) is 5.69 Å². The smallest absolute Gasteiger partial charge is 0.142 e. The van der Waals surface area contributed by atoms with Gasteiger partial charge in [-0.05, 0) is 19.1 Å². The Morgan fingerprint density at radius 1 is 1.33 bits per heavy atom. The molecular formula is C8H11N3O. The largest absolute Gasteiger partial charge is 0.290 e. The molecule has 1 aromatic rings. The van der Waals surface area contributed by atoms with Crippen molar-refractivity contribution in [2.45, 2.75) is 6.92 Å². The van der Waals surface area contributed by atoms with E-state index in [1.165, 1.54) is 0 Å². The molecule has 0 aliphatic carbocycles. The van der Waals surface area contributed by atoms with Crippen LogP contribution in [-0.2, 0) is 0 Å². The van der Waals surface area contributed by atoms with Gasteiger partial charge in [0.05, 0.1) is 5.69 Å². The van der Waals surface area contributed by atoms with Crippen molar-refractivity contribution in [3.8, 4) is 0 Å². The van der Waals surface area contributed by atoms with Gasteiger partial charge in [0.2, 0.25) is 0 Å². The van der Waals surface area contributed by atoms with Gasteiger partial charge in [-0.3, -0.25) is 16.1 Å². The maximum Gasteiger partial charge on any atom is 0.142 e. The maximum atomic E-state index is 8.39. The number of hydroxylamine groups is 1. The van der Waals surface area contributed by atoms with Crippen molar-refractivity contribution in [2.75, 3.05) is 5.43 Å². The number of benzene rings is 1. The van der Waals surface area contributed by atoms with Crippen molar-refractivity contribution in [1.29, 1.82) is 0 Å². The third kappa shape index (κ3) is 2.59. The number of nitrogens with zero attached hydrogens (tertiary/aromatic N) is 1. The summed E-state index contributed by atoms with van der Waals surface area (Å²) in [6, 6.07) is 9.49. The van der Waals surface area contributed by atoms with Crippen LogP contribution in [0.15, 0.2) is 35.4 Å². The molecule has 0 bridgehead atoms. The van der Waals surface area contributed by atoms with Gasteiger partial charge in [-0.25, -0.2) is 0 Å². The van der Waals surface area contributed by atoms with E-state index in [-0.39, 0.29) is 0 Å². The Kier molecular flexibility index (Phi) is 3.10. The molecule has 64 valence electrons. The average molecular weight is 165 g/mol. The first-order valence-electron chi connectivity index (χ1n) is 3.58. The molecule has 0 radical (unpaired) electrons. The normalized spacial score (nSPS) is 11.0. The van der Waals surface area contributed by atoms with Gasteiger partial charge in [-0.15, -0.1) is 0 Å². The highest BCUT2D eigenvalue weighted by Gasteiger charge is 1.86. The molecule has 1 rings (SSSR count). The van der Waals surface area contributed by atoms with Gasteiger partial charge < -0.3 is 0 Å². The lowest BCUT2D eigenvalue weighted by Gasteiger charge is -2.00. The monoisotopic (exact) mass is 165 g/mol. The number of anilines is 1. The van der Waals surface area contributed by atoms with E-state index in [1.807, 2.05) is 35.8 Å². The third-order valence-electron chi connectivity index (χ3n) is 1.29. The minimum absolute atomic E-state index is 0.416. The van der Waals surface area contributed by atoms with Crippen LogP contribution < -0.4 is 10.9 Å². The molecule has 0 aliphatic rings. The van der Waals surface area contributed by atoms with Gasteiger partial charge in [0.1, 0.15) is 5.84 Å². The molecule has 4 heteroatoms. The quantitative estimate of drug-likeness (QED) is 0.353. The molecule has 3 N–H and O–H groups in total. The van der Waals surface area contributed by atoms with Crippen LogP contribution in [-0.4, -0.2) is 11.0 Å². The highest BCUT2D eigenvalue weighted by atomic mass is 16.5. The average Bonchev–Trinajstić information content (AvgIpc) is 2.16. The molecule has 0 saturated carbocycles. The second-order valence-electron chi connectivity index (χ2n) is 2.29. The molecule has 0 unspecified atom stereocenters. The first kappa shape index (κ1) is 8.55. The molecule has 0 heterocycles. The molecule has 0 aromatic heterocycles. The van der Waals surface area contributed by atoms with Crippen molar-refractivity contribution in [2.24, 2.45) is 5.10 Å². The molecular weight excluding hydrogens is 154 g/mol. The Labute approximate surface area is 70.9 Å². The molecule has 0 aliphatic heterocycles. The summed E-state index contributed by atoms with van der Waals surface area (Å²) in [5, 5.41) is 12.2. The lowest BCUT2D eigenvalue weighted by atomic mass is 10.3. The number of para-hydroxylation sites is 1. The zero-order valence-corrected chi connectivity index (χ0v) is 6.78. The van der Waals surface area contributed by atoms with Crippen LogP contribution in [0.3, 0.4) is 0 Å². The molecule has 0 amide bonds. The summed E-state index contributed by atoms with van der Waals surface area (Å²) in [6.07, 6.45) is 0. The second-order valence-corrected chi connectivity index (χ2v) is 2.29. The van der Waals surface area contributed by atoms with Gasteiger partial charge in [0.25, 0.3) is 0 Å². The number of hydrogen-bond acceptors (Lipinski definition) is 3. The Hall–Kier alpha value is -1.55. The number of nitrogens with one attached hydrogen (secondary N) is 2. The molecule has 1 aromatic carbocycles. The minimum atomic E-state index is 0.416.